The summed E-state index contributed by atoms with van der Waals surface area (Å²) < 4.78 is 11.2. The molecule has 1 atom stereocenters. The second kappa shape index (κ2) is 9.34. The number of rotatable bonds is 5. The van der Waals surface area contributed by atoms with Gasteiger partial charge in [-0.2, -0.15) is 0 Å². The molecule has 0 aromatic heterocycles. The molecule has 6 heteroatoms. The highest BCUT2D eigenvalue weighted by molar-refractivity contribution is 5.85. The molecule has 31 heavy (non-hydrogen) atoms. The number of nitrogens with zero attached hydrogens (tertiary/aromatic N) is 1. The quantitative estimate of drug-likeness (QED) is 0.652. The van der Waals surface area contributed by atoms with E-state index in [1.165, 1.54) is 0 Å². The molecule has 0 bridgehead atoms. The van der Waals surface area contributed by atoms with E-state index in [1.54, 1.807) is 24.0 Å². The maximum Gasteiger partial charge on any atom is 0.411 e. The summed E-state index contributed by atoms with van der Waals surface area (Å²) in [5, 5.41) is 2.75. The Labute approximate surface area is 181 Å². The molecule has 1 aliphatic rings. The SMILES string of the molecule is CC1Oc2ccc(NC(=O)OCc3ccccc3)cc2CN(Cc2ccccc2)C1=O. The normalized spacial score (nSPS) is 15.5. The van der Waals surface area contributed by atoms with Gasteiger partial charge in [0, 0.05) is 24.3 Å². The van der Waals surface area contributed by atoms with Crippen LogP contribution in [0.1, 0.15) is 23.6 Å². The highest BCUT2D eigenvalue weighted by atomic mass is 16.5. The Morgan fingerprint density at radius 1 is 1.03 bits per heavy atom. The third kappa shape index (κ3) is 5.22. The minimum Gasteiger partial charge on any atom is -0.481 e. The van der Waals surface area contributed by atoms with Gasteiger partial charge in [0.15, 0.2) is 6.10 Å². The standard InChI is InChI=1S/C25H24N2O4/c1-18-24(28)27(15-19-8-4-2-5-9-19)16-21-14-22(12-13-23(21)31-18)26-25(29)30-17-20-10-6-3-7-11-20/h2-14,18H,15-17H2,1H3,(H,26,29). The van der Waals surface area contributed by atoms with Crippen LogP contribution >= 0.6 is 0 Å². The number of amides is 2. The predicted molar refractivity (Wildman–Crippen MR) is 117 cm³/mol. The molecule has 1 heterocycles. The zero-order chi connectivity index (χ0) is 21.6. The minimum absolute atomic E-state index is 0.0724. The summed E-state index contributed by atoms with van der Waals surface area (Å²) in [6.07, 6.45) is -1.12. The maximum atomic E-state index is 12.8. The minimum atomic E-state index is -0.584. The lowest BCUT2D eigenvalue weighted by Gasteiger charge is -2.22. The average Bonchev–Trinajstić information content (AvgIpc) is 2.90. The maximum absolute atomic E-state index is 12.8. The third-order valence-electron chi connectivity index (χ3n) is 5.06. The Morgan fingerprint density at radius 2 is 1.71 bits per heavy atom. The number of anilines is 1. The van der Waals surface area contributed by atoms with E-state index < -0.39 is 12.2 Å². The van der Waals surface area contributed by atoms with Crippen molar-refractivity contribution >= 4 is 17.7 Å². The molecule has 3 aromatic carbocycles. The second-order valence-corrected chi connectivity index (χ2v) is 7.45. The van der Waals surface area contributed by atoms with Crippen LogP contribution in [0, 0.1) is 0 Å². The van der Waals surface area contributed by atoms with E-state index in [1.807, 2.05) is 66.7 Å². The van der Waals surface area contributed by atoms with Crippen molar-refractivity contribution in [2.75, 3.05) is 5.32 Å². The summed E-state index contributed by atoms with van der Waals surface area (Å²) in [4.78, 5) is 26.8. The zero-order valence-corrected chi connectivity index (χ0v) is 17.3. The summed E-state index contributed by atoms with van der Waals surface area (Å²) >= 11 is 0. The van der Waals surface area contributed by atoms with Gasteiger partial charge in [-0.05, 0) is 36.2 Å². The van der Waals surface area contributed by atoms with E-state index in [9.17, 15) is 9.59 Å². The molecular formula is C25H24N2O4. The first-order chi connectivity index (χ1) is 15.1. The summed E-state index contributed by atoms with van der Waals surface area (Å²) in [6.45, 7) is 2.83. The van der Waals surface area contributed by atoms with Crippen molar-refractivity contribution in [3.63, 3.8) is 0 Å². The monoisotopic (exact) mass is 416 g/mol. The van der Waals surface area contributed by atoms with Gasteiger partial charge in [-0.1, -0.05) is 60.7 Å². The van der Waals surface area contributed by atoms with Gasteiger partial charge in [0.1, 0.15) is 12.4 Å². The predicted octanol–water partition coefficient (Wildman–Crippen LogP) is 4.75. The smallest absolute Gasteiger partial charge is 0.411 e. The average molecular weight is 416 g/mol. The lowest BCUT2D eigenvalue weighted by Crippen LogP contribution is -2.37. The first-order valence-electron chi connectivity index (χ1n) is 10.2. The number of carbonyl (C=O) groups excluding carboxylic acids is 2. The Balaban J connectivity index is 1.46. The highest BCUT2D eigenvalue weighted by Crippen LogP contribution is 2.29. The van der Waals surface area contributed by atoms with Gasteiger partial charge in [-0.3, -0.25) is 10.1 Å². The molecule has 3 aromatic rings. The van der Waals surface area contributed by atoms with E-state index >= 15 is 0 Å². The number of ether oxygens (including phenoxy) is 2. The van der Waals surface area contributed by atoms with Gasteiger partial charge in [0.2, 0.25) is 0 Å². The van der Waals surface area contributed by atoms with Gasteiger partial charge in [0.25, 0.3) is 5.91 Å². The number of hydrogen-bond acceptors (Lipinski definition) is 4. The van der Waals surface area contributed by atoms with E-state index in [2.05, 4.69) is 5.32 Å². The lowest BCUT2D eigenvalue weighted by atomic mass is 10.1. The fourth-order valence-corrected chi connectivity index (χ4v) is 3.49. The van der Waals surface area contributed by atoms with Gasteiger partial charge < -0.3 is 14.4 Å². The van der Waals surface area contributed by atoms with Crippen LogP contribution < -0.4 is 10.1 Å². The second-order valence-electron chi connectivity index (χ2n) is 7.45. The van der Waals surface area contributed by atoms with Crippen LogP contribution in [0.2, 0.25) is 0 Å². The number of benzene rings is 3. The van der Waals surface area contributed by atoms with Crippen molar-refractivity contribution < 1.29 is 19.1 Å². The Bertz CT molecular complexity index is 1050. The van der Waals surface area contributed by atoms with E-state index in [4.69, 9.17) is 9.47 Å². The number of fused-ring (bicyclic) bond motifs is 1. The number of hydrogen-bond donors (Lipinski definition) is 1. The molecule has 1 aliphatic heterocycles. The van der Waals surface area contributed by atoms with Gasteiger partial charge in [0.05, 0.1) is 0 Å². The molecule has 2 amide bonds. The van der Waals surface area contributed by atoms with E-state index in [0.717, 1.165) is 16.7 Å². The summed E-state index contributed by atoms with van der Waals surface area (Å²) in [7, 11) is 0. The van der Waals surface area contributed by atoms with Crippen LogP contribution in [0.15, 0.2) is 78.9 Å². The van der Waals surface area contributed by atoms with Crippen LogP contribution in [-0.2, 0) is 29.2 Å². The molecule has 0 spiro atoms. The van der Waals surface area contributed by atoms with Crippen molar-refractivity contribution in [3.05, 3.63) is 95.6 Å². The molecule has 1 N–H and O–H groups in total. The fraction of sp³-hybridized carbons (Fsp3) is 0.200. The number of nitrogens with one attached hydrogen (secondary N) is 1. The summed E-state index contributed by atoms with van der Waals surface area (Å²) in [5.41, 5.74) is 3.37. The van der Waals surface area contributed by atoms with Crippen LogP contribution in [0.25, 0.3) is 0 Å². The van der Waals surface area contributed by atoms with Gasteiger partial charge >= 0.3 is 6.09 Å². The zero-order valence-electron chi connectivity index (χ0n) is 17.3. The molecule has 4 rings (SSSR count). The van der Waals surface area contributed by atoms with Gasteiger partial charge in [-0.25, -0.2) is 4.79 Å². The van der Waals surface area contributed by atoms with Crippen molar-refractivity contribution in [1.29, 1.82) is 0 Å². The molecule has 0 saturated heterocycles. The Hall–Kier alpha value is -3.80. The van der Waals surface area contributed by atoms with Crippen LogP contribution in [0.5, 0.6) is 5.75 Å². The van der Waals surface area contributed by atoms with Crippen LogP contribution in [0.3, 0.4) is 0 Å². The molecule has 0 saturated carbocycles. The molecule has 0 aliphatic carbocycles. The molecule has 158 valence electrons. The number of carbonyl (C=O) groups is 2. The van der Waals surface area contributed by atoms with Crippen LogP contribution in [0.4, 0.5) is 10.5 Å². The third-order valence-corrected chi connectivity index (χ3v) is 5.06. The van der Waals surface area contributed by atoms with Crippen molar-refractivity contribution in [2.45, 2.75) is 32.7 Å². The summed E-state index contributed by atoms with van der Waals surface area (Å²) in [6, 6.07) is 24.7. The molecule has 0 radical (unpaired) electrons. The van der Waals surface area contributed by atoms with Crippen molar-refractivity contribution in [3.8, 4) is 5.75 Å². The molecule has 1 unspecified atom stereocenters. The van der Waals surface area contributed by atoms with E-state index in [0.29, 0.717) is 24.5 Å². The largest absolute Gasteiger partial charge is 0.481 e. The van der Waals surface area contributed by atoms with Gasteiger partial charge in [-0.15, -0.1) is 0 Å². The highest BCUT2D eigenvalue weighted by Gasteiger charge is 2.28. The van der Waals surface area contributed by atoms with Crippen molar-refractivity contribution in [2.24, 2.45) is 0 Å². The molecule has 6 nitrogen and oxygen atoms in total. The summed E-state index contributed by atoms with van der Waals surface area (Å²) in [5.74, 6) is 0.566. The van der Waals surface area contributed by atoms with Crippen molar-refractivity contribution in [1.82, 2.24) is 4.90 Å². The fourth-order valence-electron chi connectivity index (χ4n) is 3.49. The first-order valence-corrected chi connectivity index (χ1v) is 10.2. The molecular weight excluding hydrogens is 392 g/mol. The molecule has 0 fully saturated rings. The topological polar surface area (TPSA) is 67.9 Å². The Kier molecular flexibility index (Phi) is 6.17. The van der Waals surface area contributed by atoms with E-state index in [-0.39, 0.29) is 12.5 Å². The van der Waals surface area contributed by atoms with Crippen LogP contribution in [-0.4, -0.2) is 23.0 Å². The lowest BCUT2D eigenvalue weighted by molar-refractivity contribution is -0.138. The first kappa shape index (κ1) is 20.5. The Morgan fingerprint density at radius 3 is 2.42 bits per heavy atom.